The highest BCUT2D eigenvalue weighted by molar-refractivity contribution is 5.70. The summed E-state index contributed by atoms with van der Waals surface area (Å²) >= 11 is 0. The fourth-order valence-corrected chi connectivity index (χ4v) is 1.95. The second-order valence-electron chi connectivity index (χ2n) is 4.72. The van der Waals surface area contributed by atoms with Gasteiger partial charge in [0, 0.05) is 12.2 Å². The van der Waals surface area contributed by atoms with Crippen LogP contribution in [0.15, 0.2) is 48.5 Å². The van der Waals surface area contributed by atoms with Crippen LogP contribution in [-0.4, -0.2) is 31.3 Å². The van der Waals surface area contributed by atoms with E-state index in [1.165, 1.54) is 0 Å². The van der Waals surface area contributed by atoms with E-state index in [-0.39, 0.29) is 6.42 Å². The third-order valence-electron chi connectivity index (χ3n) is 3.07. The van der Waals surface area contributed by atoms with Crippen molar-refractivity contribution >= 4 is 11.7 Å². The van der Waals surface area contributed by atoms with Gasteiger partial charge in [0.1, 0.15) is 18.1 Å². The third kappa shape index (κ3) is 5.01. The first-order chi connectivity index (χ1) is 10.7. The first-order valence-corrected chi connectivity index (χ1v) is 6.99. The van der Waals surface area contributed by atoms with Crippen molar-refractivity contribution < 1.29 is 19.4 Å². The third-order valence-corrected chi connectivity index (χ3v) is 3.07. The Morgan fingerprint density at radius 2 is 1.68 bits per heavy atom. The molecule has 5 nitrogen and oxygen atoms in total. The van der Waals surface area contributed by atoms with Gasteiger partial charge in [0.25, 0.3) is 0 Å². The molecule has 22 heavy (non-hydrogen) atoms. The van der Waals surface area contributed by atoms with E-state index in [1.54, 1.807) is 19.2 Å². The van der Waals surface area contributed by atoms with Crippen molar-refractivity contribution in [2.45, 2.75) is 6.42 Å². The number of aliphatic carboxylic acids is 1. The number of hydrogen-bond acceptors (Lipinski definition) is 4. The van der Waals surface area contributed by atoms with Gasteiger partial charge in [-0.05, 0) is 42.0 Å². The molecule has 0 amide bonds. The second-order valence-corrected chi connectivity index (χ2v) is 4.72. The molecule has 0 saturated carbocycles. The number of nitrogens with one attached hydrogen (secondary N) is 1. The van der Waals surface area contributed by atoms with Crippen LogP contribution in [0.25, 0.3) is 0 Å². The van der Waals surface area contributed by atoms with Crippen molar-refractivity contribution in [1.82, 2.24) is 0 Å². The molecule has 0 aromatic heterocycles. The van der Waals surface area contributed by atoms with Crippen LogP contribution in [0.5, 0.6) is 11.5 Å². The highest BCUT2D eigenvalue weighted by atomic mass is 16.5. The minimum atomic E-state index is -0.825. The van der Waals surface area contributed by atoms with Crippen LogP contribution in [0.1, 0.15) is 5.56 Å². The van der Waals surface area contributed by atoms with Gasteiger partial charge in [-0.3, -0.25) is 4.79 Å². The lowest BCUT2D eigenvalue weighted by atomic mass is 10.1. The Morgan fingerprint density at radius 1 is 1.05 bits per heavy atom. The van der Waals surface area contributed by atoms with Crippen LogP contribution in [0.2, 0.25) is 0 Å². The topological polar surface area (TPSA) is 67.8 Å². The van der Waals surface area contributed by atoms with Crippen LogP contribution in [0.3, 0.4) is 0 Å². The number of anilines is 1. The summed E-state index contributed by atoms with van der Waals surface area (Å²) in [6, 6.07) is 14.8. The average Bonchev–Trinajstić information content (AvgIpc) is 2.53. The smallest absolute Gasteiger partial charge is 0.307 e. The fourth-order valence-electron chi connectivity index (χ4n) is 1.95. The van der Waals surface area contributed by atoms with Crippen LogP contribution in [0, 0.1) is 0 Å². The van der Waals surface area contributed by atoms with Gasteiger partial charge in [-0.15, -0.1) is 0 Å². The molecular formula is C17H19NO4. The van der Waals surface area contributed by atoms with Crippen molar-refractivity contribution in [2.24, 2.45) is 0 Å². The number of hydrogen-bond donors (Lipinski definition) is 2. The molecule has 2 N–H and O–H groups in total. The Labute approximate surface area is 129 Å². The van der Waals surface area contributed by atoms with Crippen molar-refractivity contribution in [3.8, 4) is 11.5 Å². The molecule has 116 valence electrons. The lowest BCUT2D eigenvalue weighted by Crippen LogP contribution is -2.11. The number of methoxy groups -OCH3 is 1. The number of rotatable bonds is 8. The summed E-state index contributed by atoms with van der Waals surface area (Å²) in [5, 5.41) is 11.9. The number of benzene rings is 2. The van der Waals surface area contributed by atoms with Crippen molar-refractivity contribution in [3.05, 3.63) is 54.1 Å². The molecule has 0 aliphatic heterocycles. The van der Waals surface area contributed by atoms with Crippen molar-refractivity contribution in [1.29, 1.82) is 0 Å². The van der Waals surface area contributed by atoms with E-state index in [0.29, 0.717) is 13.2 Å². The molecule has 0 bridgehead atoms. The molecule has 0 spiro atoms. The quantitative estimate of drug-likeness (QED) is 0.734. The van der Waals surface area contributed by atoms with E-state index in [0.717, 1.165) is 22.7 Å². The van der Waals surface area contributed by atoms with Gasteiger partial charge >= 0.3 is 5.97 Å². The summed E-state index contributed by atoms with van der Waals surface area (Å²) in [5.74, 6) is 0.764. The minimum absolute atomic E-state index is 0.0425. The average molecular weight is 301 g/mol. The van der Waals surface area contributed by atoms with Crippen LogP contribution < -0.4 is 14.8 Å². The predicted octanol–water partition coefficient (Wildman–Crippen LogP) is 2.81. The molecule has 0 unspecified atom stereocenters. The number of ether oxygens (including phenoxy) is 2. The molecule has 2 rings (SSSR count). The largest absolute Gasteiger partial charge is 0.497 e. The Balaban J connectivity index is 1.72. The number of carbonyl (C=O) groups is 1. The second kappa shape index (κ2) is 7.93. The fraction of sp³-hybridized carbons (Fsp3) is 0.235. The monoisotopic (exact) mass is 301 g/mol. The molecule has 5 heteroatoms. The summed E-state index contributed by atoms with van der Waals surface area (Å²) in [5.41, 5.74) is 1.72. The highest BCUT2D eigenvalue weighted by Crippen LogP contribution is 2.17. The molecule has 2 aromatic carbocycles. The van der Waals surface area contributed by atoms with E-state index < -0.39 is 5.97 Å². The summed E-state index contributed by atoms with van der Waals surface area (Å²) in [7, 11) is 1.63. The van der Waals surface area contributed by atoms with E-state index in [9.17, 15) is 4.79 Å². The predicted molar refractivity (Wildman–Crippen MR) is 84.8 cm³/mol. The molecular weight excluding hydrogens is 282 g/mol. The minimum Gasteiger partial charge on any atom is -0.497 e. The van der Waals surface area contributed by atoms with Crippen molar-refractivity contribution in [2.75, 3.05) is 25.6 Å². The SMILES string of the molecule is COc1ccc(OCCNc2ccc(CC(=O)O)cc2)cc1. The highest BCUT2D eigenvalue weighted by Gasteiger charge is 2.00. The van der Waals surface area contributed by atoms with Crippen LogP contribution in [-0.2, 0) is 11.2 Å². The lowest BCUT2D eigenvalue weighted by Gasteiger charge is -2.09. The summed E-state index contributed by atoms with van der Waals surface area (Å²) in [6.07, 6.45) is 0.0425. The zero-order valence-corrected chi connectivity index (χ0v) is 12.4. The van der Waals surface area contributed by atoms with Gasteiger partial charge in [0.2, 0.25) is 0 Å². The summed E-state index contributed by atoms with van der Waals surface area (Å²) in [4.78, 5) is 10.6. The van der Waals surface area contributed by atoms with Crippen molar-refractivity contribution in [3.63, 3.8) is 0 Å². The van der Waals surface area contributed by atoms with Gasteiger partial charge in [0.05, 0.1) is 13.5 Å². The molecule has 0 atom stereocenters. The Hall–Kier alpha value is -2.69. The molecule has 0 radical (unpaired) electrons. The zero-order valence-electron chi connectivity index (χ0n) is 12.4. The van der Waals surface area contributed by atoms with Gasteiger partial charge < -0.3 is 19.9 Å². The van der Waals surface area contributed by atoms with E-state index in [2.05, 4.69) is 5.32 Å². The first kappa shape index (κ1) is 15.7. The van der Waals surface area contributed by atoms with E-state index >= 15 is 0 Å². The number of carboxylic acids is 1. The maximum Gasteiger partial charge on any atom is 0.307 e. The maximum absolute atomic E-state index is 10.6. The lowest BCUT2D eigenvalue weighted by molar-refractivity contribution is -0.136. The molecule has 0 saturated heterocycles. The normalized spacial score (nSPS) is 10.0. The van der Waals surface area contributed by atoms with E-state index in [1.807, 2.05) is 36.4 Å². The van der Waals surface area contributed by atoms with Gasteiger partial charge in [-0.25, -0.2) is 0 Å². The zero-order chi connectivity index (χ0) is 15.8. The van der Waals surface area contributed by atoms with Gasteiger partial charge in [-0.2, -0.15) is 0 Å². The standard InChI is InChI=1S/C17H19NO4/c1-21-15-6-8-16(9-7-15)22-11-10-18-14-4-2-13(3-5-14)12-17(19)20/h2-9,18H,10-12H2,1H3,(H,19,20). The molecule has 0 aliphatic rings. The summed E-state index contributed by atoms with van der Waals surface area (Å²) in [6.45, 7) is 1.19. The molecule has 2 aromatic rings. The Morgan fingerprint density at radius 3 is 2.27 bits per heavy atom. The van der Waals surface area contributed by atoms with Crippen LogP contribution >= 0.6 is 0 Å². The Kier molecular flexibility index (Phi) is 5.65. The summed E-state index contributed by atoms with van der Waals surface area (Å²) < 4.78 is 10.7. The maximum atomic E-state index is 10.6. The molecule has 0 heterocycles. The molecule has 0 fully saturated rings. The molecule has 0 aliphatic carbocycles. The van der Waals surface area contributed by atoms with Crippen LogP contribution in [0.4, 0.5) is 5.69 Å². The van der Waals surface area contributed by atoms with Gasteiger partial charge in [-0.1, -0.05) is 12.1 Å². The van der Waals surface area contributed by atoms with Gasteiger partial charge in [0.15, 0.2) is 0 Å². The van der Waals surface area contributed by atoms with E-state index in [4.69, 9.17) is 14.6 Å². The Bertz CT molecular complexity index is 593. The first-order valence-electron chi connectivity index (χ1n) is 6.99. The number of carboxylic acid groups (broad SMARTS) is 1.